The molecule has 0 radical (unpaired) electrons. The number of aliphatic hydroxyl groups excluding tert-OH is 5. The second-order valence-electron chi connectivity index (χ2n) is 29.5. The van der Waals surface area contributed by atoms with E-state index in [-0.39, 0.29) is 91.7 Å². The third-order valence-corrected chi connectivity index (χ3v) is 21.9. The SMILES string of the molecule is CN[C@H](CC(C)C)C(=O)N[C@H]1C(=O)N[C@@H](CC(=O)NC(=O)NC2CC2)C(=O)N[C@H]2C(=O)N[C@H]3C(=O)N[C@H](C(=O)N[C@H](C(=O)NC4C5CC6CC(C5)CC4C6)c4cc(O)cc(O)c4-c4cc3ccc4O)[C@H](O)c3ccc(c(Cl)c3)Oc3cc2cc2c3O[C@@H]3O[C@H](C(N)c4cc(ccc4O2)[C@H]1O)[C@@H](O)[C@H](O)[C@H]3O. The number of likely N-dealkylation sites (N-methyl/N-ethyl adjacent to an activating group) is 1. The molecule has 1 saturated heterocycles. The van der Waals surface area contributed by atoms with Crippen molar-refractivity contribution < 1.29 is 103 Å². The summed E-state index contributed by atoms with van der Waals surface area (Å²) in [5, 5.41) is 121. The van der Waals surface area contributed by atoms with Crippen molar-refractivity contribution in [3.8, 4) is 57.1 Å². The van der Waals surface area contributed by atoms with Gasteiger partial charge in [-0.25, -0.2) is 4.79 Å². The molecule has 5 aromatic rings. The maximum absolute atomic E-state index is 16.3. The van der Waals surface area contributed by atoms with Gasteiger partial charge in [-0.1, -0.05) is 43.6 Å². The molecule has 33 heteroatoms. The summed E-state index contributed by atoms with van der Waals surface area (Å²) in [7, 11) is 1.48. The highest BCUT2D eigenvalue weighted by Gasteiger charge is 2.52. The Bertz CT molecular complexity index is 4380. The third-order valence-electron chi connectivity index (χ3n) is 21.6. The number of fused-ring (bicyclic) bond motifs is 16. The number of aliphatic hydroxyl groups is 5. The molecule has 1 unspecified atom stereocenters. The monoisotopic (exact) mass is 1480 g/mol. The molecule has 5 aromatic carbocycles. The maximum atomic E-state index is 16.3. The van der Waals surface area contributed by atoms with Crippen molar-refractivity contribution in [2.24, 2.45) is 35.3 Å². The largest absolute Gasteiger partial charge is 0.508 e. The summed E-state index contributed by atoms with van der Waals surface area (Å²) in [4.78, 5) is 136. The van der Waals surface area contributed by atoms with Crippen LogP contribution in [0.4, 0.5) is 4.79 Å². The van der Waals surface area contributed by atoms with Crippen LogP contribution in [0, 0.1) is 29.6 Å². The molecular weight excluding hydrogens is 1400 g/mol. The number of hydrogen-bond acceptors (Lipinski definition) is 23. The molecule has 18 bridgehead atoms. The molecule has 6 fully saturated rings. The molecule has 0 spiro atoms. The fraction of sp³-hybridized carbons (Fsp3) is 0.466. The van der Waals surface area contributed by atoms with E-state index in [1.54, 1.807) is 0 Å². The average molecular weight is 1480 g/mol. The molecule has 0 aromatic heterocycles. The second kappa shape index (κ2) is 29.1. The summed E-state index contributed by atoms with van der Waals surface area (Å²) >= 11 is 7.14. The van der Waals surface area contributed by atoms with Crippen molar-refractivity contribution in [3.63, 3.8) is 0 Å². The lowest BCUT2D eigenvalue weighted by atomic mass is 9.54. The lowest BCUT2D eigenvalue weighted by Gasteiger charge is -2.54. The number of phenolic OH excluding ortho intramolecular Hbond substituents is 3. The van der Waals surface area contributed by atoms with Gasteiger partial charge in [0.25, 0.3) is 0 Å². The van der Waals surface area contributed by atoms with Crippen LogP contribution in [0.25, 0.3) is 11.1 Å². The normalized spacial score (nSPS) is 31.0. The van der Waals surface area contributed by atoms with Crippen LogP contribution >= 0.6 is 11.6 Å². The molecule has 32 nitrogen and oxygen atoms in total. The van der Waals surface area contributed by atoms with Crippen LogP contribution in [0.2, 0.25) is 5.02 Å². The molecule has 15 atom stereocenters. The first-order valence-corrected chi connectivity index (χ1v) is 35.7. The molecule has 12 aliphatic rings. The molecule has 20 N–H and O–H groups in total. The minimum atomic E-state index is -2.30. The van der Waals surface area contributed by atoms with Crippen LogP contribution in [0.1, 0.15) is 141 Å². The number of nitrogens with two attached hydrogens (primary N) is 1. The van der Waals surface area contributed by atoms with E-state index in [1.165, 1.54) is 43.4 Å². The van der Waals surface area contributed by atoms with E-state index < -0.39 is 191 Å². The van der Waals surface area contributed by atoms with Gasteiger partial charge in [-0.3, -0.25) is 43.7 Å². The number of urea groups is 1. The van der Waals surface area contributed by atoms with Crippen molar-refractivity contribution in [1.82, 2.24) is 53.2 Å². The number of nitrogens with one attached hydrogen (secondary N) is 10. The van der Waals surface area contributed by atoms with E-state index in [4.69, 9.17) is 36.3 Å². The van der Waals surface area contributed by atoms with Gasteiger partial charge >= 0.3 is 6.03 Å². The fourth-order valence-corrected chi connectivity index (χ4v) is 16.6. The van der Waals surface area contributed by atoms with Crippen LogP contribution in [-0.4, -0.2) is 168 Å². The Morgan fingerprint density at radius 3 is 1.93 bits per heavy atom. The topological polar surface area (TPSA) is 499 Å². The lowest BCUT2D eigenvalue weighted by Crippen LogP contribution is -2.61. The van der Waals surface area contributed by atoms with Crippen LogP contribution in [0.5, 0.6) is 46.0 Å². The van der Waals surface area contributed by atoms with E-state index in [0.717, 1.165) is 74.6 Å². The molecule has 10 amide bonds. The summed E-state index contributed by atoms with van der Waals surface area (Å²) in [6.45, 7) is 3.65. The van der Waals surface area contributed by atoms with Crippen molar-refractivity contribution in [1.29, 1.82) is 0 Å². The van der Waals surface area contributed by atoms with Crippen LogP contribution in [0.3, 0.4) is 0 Å². The first-order chi connectivity index (χ1) is 50.6. The Balaban J connectivity index is 0.962. The number of carbonyl (C=O) groups excluding carboxylic acids is 9. The summed E-state index contributed by atoms with van der Waals surface area (Å²) < 4.78 is 26.0. The van der Waals surface area contributed by atoms with Crippen LogP contribution < -0.4 is 73.1 Å². The van der Waals surface area contributed by atoms with Crippen LogP contribution in [0.15, 0.2) is 78.9 Å². The van der Waals surface area contributed by atoms with Crippen molar-refractivity contribution in [2.45, 2.75) is 175 Å². The lowest BCUT2D eigenvalue weighted by molar-refractivity contribution is -0.277. The van der Waals surface area contributed by atoms with Crippen molar-refractivity contribution >= 4 is 64.9 Å². The first kappa shape index (κ1) is 73.0. The average Bonchev–Trinajstić information content (AvgIpc) is 1.11. The van der Waals surface area contributed by atoms with Crippen LogP contribution in [-0.2, 0) is 43.1 Å². The molecule has 7 heterocycles. The van der Waals surface area contributed by atoms with Gasteiger partial charge in [0, 0.05) is 34.8 Å². The zero-order chi connectivity index (χ0) is 75.2. The predicted octanol–water partition coefficient (Wildman–Crippen LogP) is 1.60. The predicted molar refractivity (Wildman–Crippen MR) is 370 cm³/mol. The van der Waals surface area contributed by atoms with Gasteiger partial charge in [0.05, 0.1) is 23.5 Å². The zero-order valence-corrected chi connectivity index (χ0v) is 58.2. The molecular formula is C73H82ClN11O21. The molecule has 5 saturated carbocycles. The smallest absolute Gasteiger partial charge is 0.321 e. The van der Waals surface area contributed by atoms with E-state index in [9.17, 15) is 55.2 Å². The van der Waals surface area contributed by atoms with Gasteiger partial charge in [0.15, 0.2) is 11.5 Å². The van der Waals surface area contributed by atoms with Crippen molar-refractivity contribution in [2.75, 3.05) is 7.05 Å². The van der Waals surface area contributed by atoms with E-state index >= 15 is 28.8 Å². The fourth-order valence-electron chi connectivity index (χ4n) is 16.4. The highest BCUT2D eigenvalue weighted by molar-refractivity contribution is 6.32. The number of hydrogen-bond donors (Lipinski definition) is 19. The maximum Gasteiger partial charge on any atom is 0.321 e. The number of benzene rings is 5. The number of rotatable bonds is 10. The Morgan fingerprint density at radius 2 is 1.26 bits per heavy atom. The molecule has 17 rings (SSSR count). The van der Waals surface area contributed by atoms with E-state index in [0.29, 0.717) is 24.7 Å². The Kier molecular flexibility index (Phi) is 20.0. The van der Waals surface area contributed by atoms with Gasteiger partial charge in [-0.2, -0.15) is 0 Å². The Labute approximate surface area is 610 Å². The number of halogens is 1. The molecule has 106 heavy (non-hydrogen) atoms. The number of aromatic hydroxyl groups is 3. The van der Waals surface area contributed by atoms with Gasteiger partial charge in [-0.15, -0.1) is 0 Å². The summed E-state index contributed by atoms with van der Waals surface area (Å²) in [5.74, 6) is -12.6. The summed E-state index contributed by atoms with van der Waals surface area (Å²) in [6, 6.07) is -2.10. The second-order valence-corrected chi connectivity index (χ2v) is 29.9. The molecule has 5 aliphatic carbocycles. The van der Waals surface area contributed by atoms with E-state index in [1.807, 2.05) is 13.8 Å². The summed E-state index contributed by atoms with van der Waals surface area (Å²) in [5.41, 5.74) is 4.87. The van der Waals surface area contributed by atoms with Gasteiger partial charge in [0.1, 0.15) is 102 Å². The minimum absolute atomic E-state index is 0.0865. The number of ether oxygens (including phenoxy) is 4. The van der Waals surface area contributed by atoms with Crippen molar-refractivity contribution in [3.05, 3.63) is 117 Å². The Hall–Kier alpha value is -9.90. The van der Waals surface area contributed by atoms with Gasteiger partial charge in [0.2, 0.25) is 59.3 Å². The number of carbonyl (C=O) groups is 9. The number of phenols is 3. The quantitative estimate of drug-likeness (QED) is 0.0944. The number of imide groups is 1. The zero-order valence-electron chi connectivity index (χ0n) is 57.4. The Morgan fingerprint density at radius 1 is 0.623 bits per heavy atom. The summed E-state index contributed by atoms with van der Waals surface area (Å²) in [6.07, 6.45) is -9.42. The standard InChI is InChI=1S/C73H82ClN11O21/c1-26(2)12-41(76-3)65(95)84-56-58(90)30-5-10-45-38(19-30)51(75)64-61(93)60(92)62(94)72(106-64)105-63-47(103-45)21-34-22-48(63)104-46-11-6-31(20-40(46)74)59(91)57-71(101)83-55(69(99)80-52-32-14-27-13-28(16-32)17-33(52)15-27)39-23-36(86)24-44(88)50(39)37-18-29(4-9-43(37)87)53(67(97)85-57)82-68(98)54(34)81-66(96)42(78-70(56)100)25-49(89)79-73(102)77-35-7-8-35/h4-6,9-11,18-24,26-28,32-33,35,41-42,51-62,64,72,76,86-88,90-94H,7-8,12-17,25,75H2,1-3H3,(H,78,100)(H,80,99)(H,81,96)(H,82,98)(H,83,101)(H,84,95)(H,85,97)(H2,77,79,89,102)/t27?,28?,32?,33?,41-,42+,51?,52?,53-,54-,55+,56-,57+,58-,59-,60+,61+,62-,64-,72-/m1/s1. The third kappa shape index (κ3) is 14.4. The highest BCUT2D eigenvalue weighted by Crippen LogP contribution is 2.55. The number of amides is 10. The minimum Gasteiger partial charge on any atom is -0.508 e. The highest BCUT2D eigenvalue weighted by atomic mass is 35.5. The van der Waals surface area contributed by atoms with Gasteiger partial charge in [-0.05, 0) is 170 Å². The van der Waals surface area contributed by atoms with Gasteiger partial charge < -0.3 is 113 Å². The van der Waals surface area contributed by atoms with E-state index in [2.05, 4.69) is 53.2 Å². The molecule has 562 valence electrons. The first-order valence-electron chi connectivity index (χ1n) is 35.3. The molecule has 7 aliphatic heterocycles.